The summed E-state index contributed by atoms with van der Waals surface area (Å²) in [6, 6.07) is 4.76. The third-order valence-electron chi connectivity index (χ3n) is 3.15. The van der Waals surface area contributed by atoms with Crippen LogP contribution in [-0.2, 0) is 6.54 Å². The molecule has 1 unspecified atom stereocenters. The third-order valence-corrected chi connectivity index (χ3v) is 3.15. The largest absolute Gasteiger partial charge is 0.392 e. The molecule has 0 aliphatic rings. The monoisotopic (exact) mass is 330 g/mol. The van der Waals surface area contributed by atoms with Crippen molar-refractivity contribution in [2.75, 3.05) is 5.32 Å². The minimum Gasteiger partial charge on any atom is -0.392 e. The smallest absolute Gasteiger partial charge is 0.236 e. The van der Waals surface area contributed by atoms with Crippen molar-refractivity contribution in [3.8, 4) is 6.07 Å². The molecule has 0 saturated heterocycles. The van der Waals surface area contributed by atoms with Gasteiger partial charge in [0.05, 0.1) is 19.0 Å². The number of imidazole rings is 1. The maximum Gasteiger partial charge on any atom is 0.236 e. The van der Waals surface area contributed by atoms with Gasteiger partial charge in [-0.1, -0.05) is 0 Å². The van der Waals surface area contributed by atoms with Crippen LogP contribution in [0.25, 0.3) is 11.2 Å². The summed E-state index contributed by atoms with van der Waals surface area (Å²) in [5.74, 6) is -1.48. The van der Waals surface area contributed by atoms with Crippen molar-refractivity contribution < 1.29 is 13.9 Å². The van der Waals surface area contributed by atoms with Crippen molar-refractivity contribution in [3.05, 3.63) is 42.0 Å². The molecule has 9 heteroatoms. The second-order valence-electron chi connectivity index (χ2n) is 5.21. The SMILES string of the molecule is CC(O)Cn1cnc2c(Nc3cc(F)cc(F)c3)nc(C#N)nc21. The standard InChI is InChI=1S/C15H12F2N6O/c1-8(24)6-23-7-19-13-14(21-12(5-18)22-15(13)23)20-11-3-9(16)2-10(17)4-11/h2-4,7-8,24H,6H2,1H3,(H,20,21,22). The van der Waals surface area contributed by atoms with E-state index in [-0.39, 0.29) is 23.9 Å². The predicted octanol–water partition coefficient (Wildman–Crippen LogP) is 2.10. The van der Waals surface area contributed by atoms with Crippen LogP contribution in [0.1, 0.15) is 12.7 Å². The number of halogens is 2. The lowest BCUT2D eigenvalue weighted by Crippen LogP contribution is -2.11. The molecule has 1 aromatic carbocycles. The Morgan fingerprint density at radius 1 is 1.29 bits per heavy atom. The molecule has 0 bridgehead atoms. The number of nitrogens with one attached hydrogen (secondary N) is 1. The number of rotatable bonds is 4. The van der Waals surface area contributed by atoms with Crippen LogP contribution in [0.15, 0.2) is 24.5 Å². The molecule has 0 fully saturated rings. The van der Waals surface area contributed by atoms with E-state index in [2.05, 4.69) is 20.3 Å². The molecular formula is C15H12F2N6O. The van der Waals surface area contributed by atoms with Gasteiger partial charge in [0.15, 0.2) is 17.0 Å². The van der Waals surface area contributed by atoms with Gasteiger partial charge in [-0.05, 0) is 19.1 Å². The maximum absolute atomic E-state index is 13.3. The van der Waals surface area contributed by atoms with Gasteiger partial charge < -0.3 is 15.0 Å². The highest BCUT2D eigenvalue weighted by molar-refractivity contribution is 5.85. The molecule has 0 aliphatic carbocycles. The first-order chi connectivity index (χ1) is 11.5. The fourth-order valence-corrected chi connectivity index (χ4v) is 2.26. The van der Waals surface area contributed by atoms with Crippen LogP contribution in [0.2, 0.25) is 0 Å². The Balaban J connectivity index is 2.09. The number of nitrogens with zero attached hydrogens (tertiary/aromatic N) is 5. The molecule has 2 heterocycles. The van der Waals surface area contributed by atoms with E-state index in [1.54, 1.807) is 11.5 Å². The van der Waals surface area contributed by atoms with Gasteiger partial charge in [0.25, 0.3) is 0 Å². The van der Waals surface area contributed by atoms with Crippen molar-refractivity contribution in [1.82, 2.24) is 19.5 Å². The Kier molecular flexibility index (Phi) is 4.05. The number of anilines is 2. The predicted molar refractivity (Wildman–Crippen MR) is 81.4 cm³/mol. The maximum atomic E-state index is 13.3. The van der Waals surface area contributed by atoms with Crippen molar-refractivity contribution in [1.29, 1.82) is 5.26 Å². The summed E-state index contributed by atoms with van der Waals surface area (Å²) >= 11 is 0. The second kappa shape index (κ2) is 6.17. The van der Waals surface area contributed by atoms with Crippen LogP contribution >= 0.6 is 0 Å². The van der Waals surface area contributed by atoms with E-state index in [0.29, 0.717) is 11.2 Å². The van der Waals surface area contributed by atoms with Crippen LogP contribution in [-0.4, -0.2) is 30.7 Å². The first kappa shape index (κ1) is 15.8. The molecule has 3 rings (SSSR count). The molecule has 1 atom stereocenters. The summed E-state index contributed by atoms with van der Waals surface area (Å²) in [4.78, 5) is 12.2. The number of aliphatic hydroxyl groups is 1. The molecule has 0 saturated carbocycles. The Morgan fingerprint density at radius 2 is 2.00 bits per heavy atom. The van der Waals surface area contributed by atoms with Gasteiger partial charge in [-0.25, -0.2) is 13.8 Å². The molecule has 2 N–H and O–H groups in total. The molecule has 0 spiro atoms. The highest BCUT2D eigenvalue weighted by atomic mass is 19.1. The van der Waals surface area contributed by atoms with Crippen molar-refractivity contribution in [3.63, 3.8) is 0 Å². The summed E-state index contributed by atoms with van der Waals surface area (Å²) < 4.78 is 28.2. The van der Waals surface area contributed by atoms with Gasteiger partial charge in [0.1, 0.15) is 17.7 Å². The summed E-state index contributed by atoms with van der Waals surface area (Å²) in [5.41, 5.74) is 0.780. The number of fused-ring (bicyclic) bond motifs is 1. The average molecular weight is 330 g/mol. The number of benzene rings is 1. The van der Waals surface area contributed by atoms with E-state index in [1.165, 1.54) is 6.33 Å². The second-order valence-corrected chi connectivity index (χ2v) is 5.21. The zero-order valence-electron chi connectivity index (χ0n) is 12.5. The lowest BCUT2D eigenvalue weighted by molar-refractivity contribution is 0.175. The quantitative estimate of drug-likeness (QED) is 0.760. The number of hydrogen-bond acceptors (Lipinski definition) is 6. The van der Waals surface area contributed by atoms with Gasteiger partial charge in [-0.2, -0.15) is 15.2 Å². The first-order valence-electron chi connectivity index (χ1n) is 7.00. The van der Waals surface area contributed by atoms with Crippen LogP contribution in [0.3, 0.4) is 0 Å². The van der Waals surface area contributed by atoms with E-state index in [4.69, 9.17) is 5.26 Å². The molecule has 0 amide bonds. The molecule has 0 aliphatic heterocycles. The van der Waals surface area contributed by atoms with Crippen LogP contribution in [0.5, 0.6) is 0 Å². The normalized spacial score (nSPS) is 12.1. The molecule has 2 aromatic heterocycles. The Hall–Kier alpha value is -3.12. The van der Waals surface area contributed by atoms with Crippen molar-refractivity contribution in [2.45, 2.75) is 19.6 Å². The van der Waals surface area contributed by atoms with Gasteiger partial charge in [0.2, 0.25) is 5.82 Å². The fraction of sp³-hybridized carbons (Fsp3) is 0.200. The lowest BCUT2D eigenvalue weighted by Gasteiger charge is -2.09. The van der Waals surface area contributed by atoms with Gasteiger partial charge in [-0.3, -0.25) is 0 Å². The highest BCUT2D eigenvalue weighted by Gasteiger charge is 2.15. The summed E-state index contributed by atoms with van der Waals surface area (Å²) in [6.07, 6.45) is 0.807. The number of nitriles is 1. The third kappa shape index (κ3) is 3.13. The van der Waals surface area contributed by atoms with Crippen molar-refractivity contribution in [2.24, 2.45) is 0 Å². The number of aromatic nitrogens is 4. The first-order valence-corrected chi connectivity index (χ1v) is 7.00. The molecular weight excluding hydrogens is 318 g/mol. The fourth-order valence-electron chi connectivity index (χ4n) is 2.26. The van der Waals surface area contributed by atoms with Crippen LogP contribution in [0.4, 0.5) is 20.3 Å². The topological polar surface area (TPSA) is 99.6 Å². The molecule has 3 aromatic rings. The van der Waals surface area contributed by atoms with Crippen molar-refractivity contribution >= 4 is 22.7 Å². The summed E-state index contributed by atoms with van der Waals surface area (Å²) in [5, 5.41) is 21.4. The van der Waals surface area contributed by atoms with Gasteiger partial charge >= 0.3 is 0 Å². The molecule has 7 nitrogen and oxygen atoms in total. The van der Waals surface area contributed by atoms with Gasteiger partial charge in [0, 0.05) is 11.8 Å². The zero-order chi connectivity index (χ0) is 17.3. The minimum absolute atomic E-state index is 0.126. The molecule has 0 radical (unpaired) electrons. The molecule has 24 heavy (non-hydrogen) atoms. The van der Waals surface area contributed by atoms with E-state index in [1.807, 2.05) is 6.07 Å². The average Bonchev–Trinajstić information content (AvgIpc) is 2.88. The van der Waals surface area contributed by atoms with Crippen LogP contribution in [0, 0.1) is 23.0 Å². The van der Waals surface area contributed by atoms with E-state index in [0.717, 1.165) is 18.2 Å². The van der Waals surface area contributed by atoms with E-state index < -0.39 is 17.7 Å². The number of hydrogen-bond donors (Lipinski definition) is 2. The zero-order valence-corrected chi connectivity index (χ0v) is 12.5. The van der Waals surface area contributed by atoms with Gasteiger partial charge in [-0.15, -0.1) is 0 Å². The summed E-state index contributed by atoms with van der Waals surface area (Å²) in [6.45, 7) is 1.83. The highest BCUT2D eigenvalue weighted by Crippen LogP contribution is 2.24. The minimum atomic E-state index is -0.747. The Bertz CT molecular complexity index is 927. The Labute approximate surface area is 135 Å². The van der Waals surface area contributed by atoms with Crippen LogP contribution < -0.4 is 5.32 Å². The Morgan fingerprint density at radius 3 is 2.62 bits per heavy atom. The lowest BCUT2D eigenvalue weighted by atomic mass is 10.3. The summed E-state index contributed by atoms with van der Waals surface area (Å²) in [7, 11) is 0. The molecule has 122 valence electrons. The van der Waals surface area contributed by atoms with E-state index >= 15 is 0 Å². The van der Waals surface area contributed by atoms with E-state index in [9.17, 15) is 13.9 Å². The number of aliphatic hydroxyl groups excluding tert-OH is 1.